The van der Waals surface area contributed by atoms with Gasteiger partial charge in [0.25, 0.3) is 0 Å². The summed E-state index contributed by atoms with van der Waals surface area (Å²) in [6.45, 7) is 3.61. The number of piperidine rings is 1. The highest BCUT2D eigenvalue weighted by atomic mass is 35.5. The number of aryl methyl sites for hydroxylation is 1. The van der Waals surface area contributed by atoms with E-state index in [1.54, 1.807) is 19.2 Å². The number of rotatable bonds is 9. The molecule has 0 saturated carbocycles. The summed E-state index contributed by atoms with van der Waals surface area (Å²) >= 11 is 6.11. The highest BCUT2D eigenvalue weighted by molar-refractivity contribution is 6.33. The number of Topliss-reactive ketones (excluding diaryl/α,β-unsaturated/α-hetero) is 1. The fourth-order valence-corrected chi connectivity index (χ4v) is 4.69. The van der Waals surface area contributed by atoms with E-state index < -0.39 is 0 Å². The predicted molar refractivity (Wildman–Crippen MR) is 126 cm³/mol. The van der Waals surface area contributed by atoms with Gasteiger partial charge in [-0.25, -0.2) is 0 Å². The lowest BCUT2D eigenvalue weighted by Crippen LogP contribution is -2.34. The fraction of sp³-hybridized carbons (Fsp3) is 0.480. The van der Waals surface area contributed by atoms with Crippen LogP contribution in [-0.2, 0) is 6.42 Å². The number of hydrogen-bond acceptors (Lipinski definition) is 6. The maximum atomic E-state index is 12.7. The minimum absolute atomic E-state index is 0.0647. The summed E-state index contributed by atoms with van der Waals surface area (Å²) in [5.41, 5.74) is 8.06. The van der Waals surface area contributed by atoms with Crippen LogP contribution in [0.1, 0.15) is 48.0 Å². The van der Waals surface area contributed by atoms with Gasteiger partial charge in [0, 0.05) is 12.5 Å². The van der Waals surface area contributed by atoms with Gasteiger partial charge >= 0.3 is 0 Å². The van der Waals surface area contributed by atoms with Crippen LogP contribution in [0.15, 0.2) is 30.3 Å². The molecule has 32 heavy (non-hydrogen) atoms. The maximum absolute atomic E-state index is 12.7. The number of halogens is 1. The predicted octanol–water partition coefficient (Wildman–Crippen LogP) is 4.97. The SMILES string of the molecule is COc1cc(N)c(Cl)cc1C(=O)CCC1CCN(CCCc2ccc3c(c2)OCO3)CC1. The van der Waals surface area contributed by atoms with E-state index in [-0.39, 0.29) is 5.78 Å². The smallest absolute Gasteiger partial charge is 0.231 e. The number of carbonyl (C=O) groups is 1. The molecule has 0 aromatic heterocycles. The van der Waals surface area contributed by atoms with Crippen LogP contribution in [0, 0.1) is 5.92 Å². The Bertz CT molecular complexity index is 957. The zero-order valence-electron chi connectivity index (χ0n) is 18.6. The first-order chi connectivity index (χ1) is 15.5. The van der Waals surface area contributed by atoms with Gasteiger partial charge in [-0.05, 0) is 81.4 Å². The van der Waals surface area contributed by atoms with E-state index in [2.05, 4.69) is 17.0 Å². The number of fused-ring (bicyclic) bond motifs is 1. The number of methoxy groups -OCH3 is 1. The van der Waals surface area contributed by atoms with E-state index in [0.717, 1.165) is 63.2 Å². The van der Waals surface area contributed by atoms with Crippen molar-refractivity contribution in [3.05, 3.63) is 46.5 Å². The summed E-state index contributed by atoms with van der Waals surface area (Å²) in [6.07, 6.45) is 5.84. The second-order valence-electron chi connectivity index (χ2n) is 8.61. The fourth-order valence-electron chi connectivity index (χ4n) is 4.53. The van der Waals surface area contributed by atoms with Gasteiger partial charge in [-0.1, -0.05) is 17.7 Å². The molecule has 6 nitrogen and oxygen atoms in total. The van der Waals surface area contributed by atoms with Gasteiger partial charge in [0.2, 0.25) is 6.79 Å². The summed E-state index contributed by atoms with van der Waals surface area (Å²) in [6, 6.07) is 9.46. The average Bonchev–Trinajstić information content (AvgIpc) is 3.28. The molecular weight excluding hydrogens is 428 g/mol. The number of ether oxygens (including phenoxy) is 3. The van der Waals surface area contributed by atoms with Gasteiger partial charge in [0.15, 0.2) is 17.3 Å². The van der Waals surface area contributed by atoms with Gasteiger partial charge < -0.3 is 24.8 Å². The van der Waals surface area contributed by atoms with Crippen molar-refractivity contribution < 1.29 is 19.0 Å². The third-order valence-corrected chi connectivity index (χ3v) is 6.81. The van der Waals surface area contributed by atoms with Crippen LogP contribution in [0.5, 0.6) is 17.2 Å². The van der Waals surface area contributed by atoms with Crippen LogP contribution >= 0.6 is 11.6 Å². The molecule has 2 heterocycles. The van der Waals surface area contributed by atoms with Gasteiger partial charge in [0.1, 0.15) is 5.75 Å². The topological polar surface area (TPSA) is 74.0 Å². The number of nitrogen functional groups attached to an aromatic ring is 1. The second-order valence-corrected chi connectivity index (χ2v) is 9.02. The van der Waals surface area contributed by atoms with E-state index in [9.17, 15) is 4.79 Å². The number of likely N-dealkylation sites (tertiary alicyclic amines) is 1. The molecule has 0 spiro atoms. The van der Waals surface area contributed by atoms with Gasteiger partial charge in [0.05, 0.1) is 23.4 Å². The molecule has 0 amide bonds. The monoisotopic (exact) mass is 458 g/mol. The molecule has 2 aliphatic heterocycles. The molecule has 172 valence electrons. The van der Waals surface area contributed by atoms with Crippen molar-refractivity contribution in [2.45, 2.75) is 38.5 Å². The maximum Gasteiger partial charge on any atom is 0.231 e. The zero-order valence-corrected chi connectivity index (χ0v) is 19.3. The summed E-state index contributed by atoms with van der Waals surface area (Å²) < 4.78 is 16.2. The lowest BCUT2D eigenvalue weighted by Gasteiger charge is -2.32. The van der Waals surface area contributed by atoms with Crippen molar-refractivity contribution in [2.75, 3.05) is 39.3 Å². The first kappa shape index (κ1) is 22.7. The minimum atomic E-state index is 0.0647. The number of nitrogens with two attached hydrogens (primary N) is 1. The second kappa shape index (κ2) is 10.5. The third kappa shape index (κ3) is 5.48. The van der Waals surface area contributed by atoms with Crippen molar-refractivity contribution in [3.63, 3.8) is 0 Å². The molecule has 0 atom stereocenters. The molecule has 1 saturated heterocycles. The first-order valence-corrected chi connectivity index (χ1v) is 11.7. The Morgan fingerprint density at radius 3 is 2.75 bits per heavy atom. The summed E-state index contributed by atoms with van der Waals surface area (Å²) in [4.78, 5) is 15.3. The average molecular weight is 459 g/mol. The lowest BCUT2D eigenvalue weighted by molar-refractivity contribution is 0.0959. The molecule has 1 fully saturated rings. The largest absolute Gasteiger partial charge is 0.496 e. The van der Waals surface area contributed by atoms with Crippen LogP contribution in [0.4, 0.5) is 5.69 Å². The van der Waals surface area contributed by atoms with Crippen molar-refractivity contribution in [2.24, 2.45) is 5.92 Å². The number of ketones is 1. The molecule has 4 rings (SSSR count). The lowest BCUT2D eigenvalue weighted by atomic mass is 9.90. The molecule has 0 radical (unpaired) electrons. The van der Waals surface area contributed by atoms with Crippen LogP contribution < -0.4 is 19.9 Å². The molecule has 7 heteroatoms. The number of anilines is 1. The van der Waals surface area contributed by atoms with E-state index in [4.69, 9.17) is 31.5 Å². The van der Waals surface area contributed by atoms with Crippen LogP contribution in [0.25, 0.3) is 0 Å². The molecule has 2 aliphatic rings. The van der Waals surface area contributed by atoms with Crippen molar-refractivity contribution in [1.82, 2.24) is 4.90 Å². The molecule has 0 aliphatic carbocycles. The Hall–Kier alpha value is -2.44. The highest BCUT2D eigenvalue weighted by Gasteiger charge is 2.22. The van der Waals surface area contributed by atoms with Gasteiger partial charge in [-0.2, -0.15) is 0 Å². The Morgan fingerprint density at radius 2 is 1.97 bits per heavy atom. The van der Waals surface area contributed by atoms with Crippen molar-refractivity contribution >= 4 is 23.1 Å². The first-order valence-electron chi connectivity index (χ1n) is 11.3. The Labute approximate surface area is 194 Å². The zero-order chi connectivity index (χ0) is 22.5. The van der Waals surface area contributed by atoms with E-state index in [1.807, 2.05) is 6.07 Å². The highest BCUT2D eigenvalue weighted by Crippen LogP contribution is 2.33. The number of benzene rings is 2. The molecule has 0 unspecified atom stereocenters. The summed E-state index contributed by atoms with van der Waals surface area (Å²) in [7, 11) is 1.54. The molecular formula is C25H31ClN2O4. The van der Waals surface area contributed by atoms with E-state index in [1.165, 1.54) is 5.56 Å². The molecule has 2 aromatic rings. The van der Waals surface area contributed by atoms with E-state index in [0.29, 0.717) is 41.2 Å². The van der Waals surface area contributed by atoms with Crippen molar-refractivity contribution in [1.29, 1.82) is 0 Å². The van der Waals surface area contributed by atoms with E-state index >= 15 is 0 Å². The number of hydrogen-bond donors (Lipinski definition) is 1. The summed E-state index contributed by atoms with van der Waals surface area (Å²) in [5.74, 6) is 2.84. The quantitative estimate of drug-likeness (QED) is 0.422. The standard InChI is InChI=1S/C25H31ClN2O4/c1-30-24-15-21(27)20(26)14-19(24)22(29)6-4-17-8-11-28(12-9-17)10-2-3-18-5-7-23-25(13-18)32-16-31-23/h5,7,13-15,17H,2-4,6,8-12,16,27H2,1H3. The van der Waals surface area contributed by atoms with Crippen LogP contribution in [0.3, 0.4) is 0 Å². The third-order valence-electron chi connectivity index (χ3n) is 6.48. The van der Waals surface area contributed by atoms with Crippen molar-refractivity contribution in [3.8, 4) is 17.2 Å². The summed E-state index contributed by atoms with van der Waals surface area (Å²) in [5, 5.41) is 0.392. The molecule has 2 N–H and O–H groups in total. The minimum Gasteiger partial charge on any atom is -0.496 e. The van der Waals surface area contributed by atoms with Gasteiger partial charge in [-0.3, -0.25) is 4.79 Å². The Morgan fingerprint density at radius 1 is 1.19 bits per heavy atom. The number of nitrogens with zero attached hydrogens (tertiary/aromatic N) is 1. The molecule has 0 bridgehead atoms. The van der Waals surface area contributed by atoms with Crippen LogP contribution in [-0.4, -0.2) is 44.2 Å². The van der Waals surface area contributed by atoms with Crippen LogP contribution in [0.2, 0.25) is 5.02 Å². The van der Waals surface area contributed by atoms with Gasteiger partial charge in [-0.15, -0.1) is 0 Å². The number of carbonyl (C=O) groups excluding carboxylic acids is 1. The Balaban J connectivity index is 1.17. The Kier molecular flexibility index (Phi) is 7.43. The molecule has 2 aromatic carbocycles. The normalized spacial score (nSPS) is 16.3.